The van der Waals surface area contributed by atoms with Gasteiger partial charge in [-0.05, 0) is 101 Å². The number of nitrogens with one attached hydrogen (secondary N) is 1. The van der Waals surface area contributed by atoms with Crippen LogP contribution in [0.2, 0.25) is 0 Å². The largest absolute Gasteiger partial charge is 0.347 e. The summed E-state index contributed by atoms with van der Waals surface area (Å²) in [6, 6.07) is 26.0. The summed E-state index contributed by atoms with van der Waals surface area (Å²) in [7, 11) is 0. The third-order valence-corrected chi connectivity index (χ3v) is 14.5. The molecule has 0 radical (unpaired) electrons. The molecule has 9 heterocycles. The molecule has 10 nitrogen and oxygen atoms in total. The molecule has 0 amide bonds. The van der Waals surface area contributed by atoms with Crippen molar-refractivity contribution in [3.63, 3.8) is 0 Å². The van der Waals surface area contributed by atoms with Crippen LogP contribution < -0.4 is 0 Å². The number of likely N-dealkylation sites (tertiary alicyclic amines) is 2. The van der Waals surface area contributed by atoms with E-state index in [1.807, 2.05) is 36.9 Å². The Kier molecular flexibility index (Phi) is 9.03. The highest BCUT2D eigenvalue weighted by Gasteiger charge is 2.48. The molecule has 1 saturated carbocycles. The second-order valence-corrected chi connectivity index (χ2v) is 18.0. The van der Waals surface area contributed by atoms with Crippen LogP contribution >= 0.6 is 0 Å². The average Bonchev–Trinajstić information content (AvgIpc) is 4.13. The molecule has 2 spiro atoms. The van der Waals surface area contributed by atoms with E-state index in [1.165, 1.54) is 94.2 Å². The van der Waals surface area contributed by atoms with Gasteiger partial charge in [0.2, 0.25) is 0 Å². The quantitative estimate of drug-likeness (QED) is 0.180. The molecule has 2 aromatic carbocycles. The van der Waals surface area contributed by atoms with Gasteiger partial charge in [-0.3, -0.25) is 24.2 Å². The number of hydrogen-bond acceptors (Lipinski definition) is 7. The van der Waals surface area contributed by atoms with E-state index in [0.717, 1.165) is 76.9 Å². The molecule has 296 valence electrons. The van der Waals surface area contributed by atoms with Crippen LogP contribution in [0.1, 0.15) is 88.0 Å². The van der Waals surface area contributed by atoms with E-state index in [2.05, 4.69) is 107 Å². The van der Waals surface area contributed by atoms with Gasteiger partial charge in [0.15, 0.2) is 0 Å². The van der Waals surface area contributed by atoms with Gasteiger partial charge in [-0.1, -0.05) is 55.7 Å². The highest BCUT2D eigenvalue weighted by atomic mass is 15.3. The zero-order valence-electron chi connectivity index (χ0n) is 33.7. The summed E-state index contributed by atoms with van der Waals surface area (Å²) in [5.74, 6) is 1.99. The number of aromatic nitrogens is 8. The third-order valence-electron chi connectivity index (χ3n) is 14.5. The Morgan fingerprint density at radius 3 is 1.88 bits per heavy atom. The number of rotatable bonds is 6. The molecule has 5 aliphatic rings. The summed E-state index contributed by atoms with van der Waals surface area (Å²) in [5.41, 5.74) is 9.81. The first-order valence-electron chi connectivity index (χ1n) is 21.8. The minimum Gasteiger partial charge on any atom is -0.347 e. The maximum absolute atomic E-state index is 4.99. The Morgan fingerprint density at radius 2 is 1.26 bits per heavy atom. The number of H-pyrrole nitrogens is 1. The van der Waals surface area contributed by atoms with E-state index in [9.17, 15) is 0 Å². The summed E-state index contributed by atoms with van der Waals surface area (Å²) in [5, 5.41) is 12.3. The van der Waals surface area contributed by atoms with E-state index < -0.39 is 0 Å². The molecule has 4 aliphatic heterocycles. The van der Waals surface area contributed by atoms with Crippen molar-refractivity contribution in [3.05, 3.63) is 115 Å². The van der Waals surface area contributed by atoms with Crippen molar-refractivity contribution < 1.29 is 0 Å². The first kappa shape index (κ1) is 35.9. The SMILES string of the molecule is CC(c1ncc[nH]1)N1CCC2(CCn3nc(-c4cnc5ccccc5c4)cc32)C1.c1ccc2ncc(-c3cc4n(n3)CC[C@]43CCN(CC4CCCCC4)C3)cc2c1. The molecule has 1 N–H and O–H groups in total. The predicted molar refractivity (Wildman–Crippen MR) is 229 cm³/mol. The highest BCUT2D eigenvalue weighted by molar-refractivity contribution is 5.83. The van der Waals surface area contributed by atoms with Crippen molar-refractivity contribution in [1.29, 1.82) is 0 Å². The van der Waals surface area contributed by atoms with Crippen LogP contribution in [0.3, 0.4) is 0 Å². The molecule has 5 aromatic heterocycles. The van der Waals surface area contributed by atoms with Gasteiger partial charge in [-0.25, -0.2) is 4.98 Å². The Morgan fingerprint density at radius 1 is 0.672 bits per heavy atom. The zero-order chi connectivity index (χ0) is 38.7. The lowest BCUT2D eigenvalue weighted by atomic mass is 9.82. The lowest BCUT2D eigenvalue weighted by Gasteiger charge is -2.28. The van der Waals surface area contributed by atoms with Crippen LogP contribution in [0.5, 0.6) is 0 Å². The summed E-state index contributed by atoms with van der Waals surface area (Å²) >= 11 is 0. The number of imidazole rings is 1. The highest BCUT2D eigenvalue weighted by Crippen LogP contribution is 2.46. The van der Waals surface area contributed by atoms with Crippen LogP contribution in [0, 0.1) is 5.92 Å². The fourth-order valence-electron chi connectivity index (χ4n) is 11.2. The number of aromatic amines is 1. The molecule has 10 heteroatoms. The standard InChI is InChI=1S/C25H30N4.C23H24N6/c1-2-6-19(7-3-1)17-28-12-10-25(18-28)11-13-29-24(25)15-23(27-29)21-14-20-8-4-5-9-22(20)26-16-21;1-16(22-24-8-9-25-22)28-10-6-23(15-28)7-11-29-21(23)13-20(27-29)18-12-17-4-2-3-5-19(17)26-14-18/h4-5,8-9,14-16,19H,1-3,6-7,10-13,17-18H2;2-5,8-9,12-14,16H,6-7,10-11,15H2,1H3,(H,24,25)/t25-;/m0./s1. The molecule has 58 heavy (non-hydrogen) atoms. The summed E-state index contributed by atoms with van der Waals surface area (Å²) in [4.78, 5) is 22.3. The van der Waals surface area contributed by atoms with Gasteiger partial charge in [0.1, 0.15) is 5.82 Å². The monoisotopic (exact) mass is 770 g/mol. The maximum Gasteiger partial charge on any atom is 0.123 e. The molecule has 3 fully saturated rings. The second-order valence-electron chi connectivity index (χ2n) is 18.0. The molecular weight excluding hydrogens is 717 g/mol. The molecule has 2 unspecified atom stereocenters. The molecule has 2 saturated heterocycles. The average molecular weight is 771 g/mol. The minimum atomic E-state index is 0.205. The van der Waals surface area contributed by atoms with Crippen LogP contribution in [-0.2, 0) is 23.9 Å². The fraction of sp³-hybridized carbons (Fsp3) is 0.438. The Labute approximate surface area is 340 Å². The van der Waals surface area contributed by atoms with Crippen LogP contribution in [0.4, 0.5) is 0 Å². The topological polar surface area (TPSA) is 96.6 Å². The molecular formula is C48H54N10. The predicted octanol–water partition coefficient (Wildman–Crippen LogP) is 8.96. The number of benzene rings is 2. The van der Waals surface area contributed by atoms with Crippen LogP contribution in [-0.4, -0.2) is 82.0 Å². The first-order valence-corrected chi connectivity index (χ1v) is 21.8. The number of nitrogens with zero attached hydrogens (tertiary/aromatic N) is 9. The molecule has 1 aliphatic carbocycles. The summed E-state index contributed by atoms with van der Waals surface area (Å²) in [6.07, 6.45) is 19.8. The van der Waals surface area contributed by atoms with E-state index >= 15 is 0 Å². The van der Waals surface area contributed by atoms with Gasteiger partial charge < -0.3 is 9.88 Å². The van der Waals surface area contributed by atoms with E-state index in [-0.39, 0.29) is 5.41 Å². The van der Waals surface area contributed by atoms with E-state index in [4.69, 9.17) is 10.2 Å². The second kappa shape index (κ2) is 14.6. The smallest absolute Gasteiger partial charge is 0.123 e. The van der Waals surface area contributed by atoms with Gasteiger partial charge in [0.25, 0.3) is 0 Å². The first-order chi connectivity index (χ1) is 28.5. The number of fused-ring (bicyclic) bond motifs is 6. The summed E-state index contributed by atoms with van der Waals surface area (Å²) in [6.45, 7) is 10.3. The Balaban J connectivity index is 0.000000133. The number of pyridine rings is 2. The van der Waals surface area contributed by atoms with E-state index in [1.54, 1.807) is 0 Å². The van der Waals surface area contributed by atoms with Gasteiger partial charge in [-0.15, -0.1) is 0 Å². The number of aryl methyl sites for hydroxylation is 2. The normalized spacial score (nSPS) is 23.9. The van der Waals surface area contributed by atoms with Gasteiger partial charge in [-0.2, -0.15) is 10.2 Å². The van der Waals surface area contributed by atoms with Crippen molar-refractivity contribution >= 4 is 21.8 Å². The van der Waals surface area contributed by atoms with Crippen LogP contribution in [0.15, 0.2) is 97.6 Å². The van der Waals surface area contributed by atoms with Gasteiger partial charge >= 0.3 is 0 Å². The molecule has 0 bridgehead atoms. The molecule has 7 aromatic rings. The minimum absolute atomic E-state index is 0.205. The molecule has 12 rings (SSSR count). The fourth-order valence-corrected chi connectivity index (χ4v) is 11.2. The summed E-state index contributed by atoms with van der Waals surface area (Å²) < 4.78 is 4.51. The number of para-hydroxylation sites is 2. The van der Waals surface area contributed by atoms with Gasteiger partial charge in [0, 0.05) is 102 Å². The zero-order valence-corrected chi connectivity index (χ0v) is 33.7. The number of hydrogen-bond donors (Lipinski definition) is 1. The van der Waals surface area contributed by atoms with Crippen molar-refractivity contribution in [2.75, 3.05) is 32.7 Å². The van der Waals surface area contributed by atoms with E-state index in [0.29, 0.717) is 11.5 Å². The third kappa shape index (κ3) is 6.45. The molecule has 3 atom stereocenters. The van der Waals surface area contributed by atoms with Crippen molar-refractivity contribution in [2.45, 2.75) is 94.7 Å². The van der Waals surface area contributed by atoms with Crippen molar-refractivity contribution in [3.8, 4) is 22.5 Å². The Hall–Kier alpha value is -5.19. The Bertz CT molecular complexity index is 2560. The van der Waals surface area contributed by atoms with Gasteiger partial charge in [0.05, 0.1) is 28.5 Å². The maximum atomic E-state index is 4.99. The lowest BCUT2D eigenvalue weighted by Crippen LogP contribution is -2.32. The van der Waals surface area contributed by atoms with Crippen molar-refractivity contribution in [2.24, 2.45) is 5.92 Å². The lowest BCUT2D eigenvalue weighted by molar-refractivity contribution is 0.223. The van der Waals surface area contributed by atoms with Crippen LogP contribution in [0.25, 0.3) is 44.3 Å². The van der Waals surface area contributed by atoms with Crippen molar-refractivity contribution in [1.82, 2.24) is 49.3 Å².